The molecule has 3 aromatic rings. The molecule has 8 nitrogen and oxygen atoms in total. The van der Waals surface area contributed by atoms with Gasteiger partial charge in [0.05, 0.1) is 5.69 Å². The summed E-state index contributed by atoms with van der Waals surface area (Å²) in [5.74, 6) is 1.03. The molecule has 2 aromatic heterocycles. The lowest BCUT2D eigenvalue weighted by molar-refractivity contribution is 0.211. The van der Waals surface area contributed by atoms with Crippen molar-refractivity contribution in [3.8, 4) is 0 Å². The summed E-state index contributed by atoms with van der Waals surface area (Å²) in [6.07, 6.45) is 2.21. The average molecular weight is 421 g/mol. The molecule has 0 amide bonds. The van der Waals surface area contributed by atoms with Gasteiger partial charge in [-0.2, -0.15) is 0 Å². The van der Waals surface area contributed by atoms with Crippen LogP contribution < -0.4 is 16.4 Å². The molecule has 3 N–H and O–H groups in total. The van der Waals surface area contributed by atoms with Gasteiger partial charge in [-0.1, -0.05) is 30.3 Å². The quantitative estimate of drug-likeness (QED) is 0.564. The van der Waals surface area contributed by atoms with Crippen molar-refractivity contribution >= 4 is 5.95 Å². The van der Waals surface area contributed by atoms with E-state index in [0.717, 1.165) is 32.5 Å². The molecule has 1 aliphatic rings. The maximum Gasteiger partial charge on any atom is 0.254 e. The molecule has 1 fully saturated rings. The van der Waals surface area contributed by atoms with Crippen LogP contribution in [0.1, 0.15) is 41.2 Å². The number of anilines is 1. The van der Waals surface area contributed by atoms with Gasteiger partial charge in [0.15, 0.2) is 0 Å². The minimum atomic E-state index is -0.233. The monoisotopic (exact) mass is 420 g/mol. The summed E-state index contributed by atoms with van der Waals surface area (Å²) in [6.45, 7) is 6.47. The lowest BCUT2D eigenvalue weighted by atomic mass is 10.0. The molecule has 0 unspecified atom stereocenters. The lowest BCUT2D eigenvalue weighted by Gasteiger charge is -2.32. The van der Waals surface area contributed by atoms with Crippen LogP contribution in [-0.4, -0.2) is 44.0 Å². The minimum Gasteiger partial charge on any atom is -0.353 e. The summed E-state index contributed by atoms with van der Waals surface area (Å²) in [4.78, 5) is 41.3. The van der Waals surface area contributed by atoms with Gasteiger partial charge in [-0.25, -0.2) is 9.97 Å². The Kier molecular flexibility index (Phi) is 6.27. The molecular weight excluding hydrogens is 392 g/mol. The topological polar surface area (TPSA) is 107 Å². The Labute approximate surface area is 180 Å². The van der Waals surface area contributed by atoms with Gasteiger partial charge in [-0.05, 0) is 32.3 Å². The highest BCUT2D eigenvalue weighted by Crippen LogP contribution is 2.16. The lowest BCUT2D eigenvalue weighted by Crippen LogP contribution is -2.39. The van der Waals surface area contributed by atoms with Crippen molar-refractivity contribution < 1.29 is 0 Å². The molecule has 162 valence electrons. The van der Waals surface area contributed by atoms with E-state index in [1.54, 1.807) is 13.8 Å². The van der Waals surface area contributed by atoms with Crippen molar-refractivity contribution in [1.29, 1.82) is 0 Å². The second-order valence-corrected chi connectivity index (χ2v) is 8.16. The average Bonchev–Trinajstić information content (AvgIpc) is 2.72. The van der Waals surface area contributed by atoms with E-state index in [1.165, 1.54) is 11.6 Å². The molecule has 1 aliphatic heterocycles. The Morgan fingerprint density at radius 3 is 2.52 bits per heavy atom. The van der Waals surface area contributed by atoms with Gasteiger partial charge in [0.2, 0.25) is 5.95 Å². The first-order chi connectivity index (χ1) is 15.0. The van der Waals surface area contributed by atoms with Crippen LogP contribution in [0.25, 0.3) is 0 Å². The van der Waals surface area contributed by atoms with Crippen molar-refractivity contribution in [2.45, 2.75) is 45.7 Å². The number of piperidine rings is 1. The van der Waals surface area contributed by atoms with Crippen molar-refractivity contribution in [2.75, 3.05) is 18.4 Å². The fraction of sp³-hybridized carbons (Fsp3) is 0.391. The zero-order chi connectivity index (χ0) is 21.8. The molecular formula is C23H28N6O2. The van der Waals surface area contributed by atoms with Crippen LogP contribution in [0.4, 0.5) is 5.95 Å². The second-order valence-electron chi connectivity index (χ2n) is 8.16. The molecule has 0 bridgehead atoms. The number of hydrogen-bond acceptors (Lipinski definition) is 6. The molecule has 4 rings (SSSR count). The second kappa shape index (κ2) is 9.26. The fourth-order valence-electron chi connectivity index (χ4n) is 4.08. The smallest absolute Gasteiger partial charge is 0.254 e. The Bertz CT molecular complexity index is 1150. The third-order valence-electron chi connectivity index (χ3n) is 5.67. The Morgan fingerprint density at radius 1 is 1.06 bits per heavy atom. The zero-order valence-corrected chi connectivity index (χ0v) is 17.9. The van der Waals surface area contributed by atoms with E-state index in [1.807, 2.05) is 6.07 Å². The number of rotatable bonds is 6. The van der Waals surface area contributed by atoms with Gasteiger partial charge in [-0.15, -0.1) is 0 Å². The van der Waals surface area contributed by atoms with Crippen molar-refractivity contribution in [1.82, 2.24) is 24.8 Å². The molecule has 0 spiro atoms. The van der Waals surface area contributed by atoms with Gasteiger partial charge >= 0.3 is 0 Å². The van der Waals surface area contributed by atoms with Crippen LogP contribution >= 0.6 is 0 Å². The first kappa shape index (κ1) is 21.0. The minimum absolute atomic E-state index is 0.188. The number of aromatic nitrogens is 4. The van der Waals surface area contributed by atoms with E-state index in [0.29, 0.717) is 28.7 Å². The first-order valence-electron chi connectivity index (χ1n) is 10.7. The van der Waals surface area contributed by atoms with E-state index in [2.05, 4.69) is 54.4 Å². The molecule has 0 atom stereocenters. The summed E-state index contributed by atoms with van der Waals surface area (Å²) in [7, 11) is 0. The highest BCUT2D eigenvalue weighted by molar-refractivity contribution is 5.30. The van der Waals surface area contributed by atoms with Crippen LogP contribution in [0.3, 0.4) is 0 Å². The van der Waals surface area contributed by atoms with Gasteiger partial charge in [0, 0.05) is 49.4 Å². The third kappa shape index (κ3) is 5.46. The molecule has 1 aromatic carbocycles. The normalized spacial score (nSPS) is 15.2. The number of aryl methyl sites for hydroxylation is 2. The molecule has 0 saturated carbocycles. The predicted octanol–water partition coefficient (Wildman–Crippen LogP) is 2.14. The predicted molar refractivity (Wildman–Crippen MR) is 120 cm³/mol. The summed E-state index contributed by atoms with van der Waals surface area (Å²) in [5, 5.41) is 3.38. The van der Waals surface area contributed by atoms with E-state index in [4.69, 9.17) is 0 Å². The van der Waals surface area contributed by atoms with Gasteiger partial charge in [0.1, 0.15) is 5.82 Å². The van der Waals surface area contributed by atoms with Gasteiger partial charge < -0.3 is 10.3 Å². The zero-order valence-electron chi connectivity index (χ0n) is 17.9. The maximum atomic E-state index is 12.3. The Morgan fingerprint density at radius 2 is 1.81 bits per heavy atom. The van der Waals surface area contributed by atoms with E-state index < -0.39 is 0 Å². The molecule has 31 heavy (non-hydrogen) atoms. The van der Waals surface area contributed by atoms with Gasteiger partial charge in [0.25, 0.3) is 11.1 Å². The third-order valence-corrected chi connectivity index (χ3v) is 5.67. The van der Waals surface area contributed by atoms with E-state index in [9.17, 15) is 9.59 Å². The standard InChI is InChI=1S/C23H28N6O2/c1-15-20(22(31)25-16(2)24-15)12-19-13-21(30)28-23(27-19)26-18-8-10-29(11-9-18)14-17-6-4-3-5-7-17/h3-7,13,18H,8-12,14H2,1-2H3,(H,24,25,31)(H2,26,27,28,30). The van der Waals surface area contributed by atoms with Crippen LogP contribution in [0.5, 0.6) is 0 Å². The molecule has 8 heteroatoms. The van der Waals surface area contributed by atoms with E-state index >= 15 is 0 Å². The first-order valence-corrected chi connectivity index (χ1v) is 10.7. The summed E-state index contributed by atoms with van der Waals surface area (Å²) in [5.41, 5.74) is 2.64. The number of likely N-dealkylation sites (tertiary alicyclic amines) is 1. The van der Waals surface area contributed by atoms with Gasteiger partial charge in [-0.3, -0.25) is 19.5 Å². The number of H-pyrrole nitrogens is 2. The van der Waals surface area contributed by atoms with E-state index in [-0.39, 0.29) is 23.6 Å². The number of nitrogens with one attached hydrogen (secondary N) is 3. The number of nitrogens with zero attached hydrogens (tertiary/aromatic N) is 3. The highest BCUT2D eigenvalue weighted by atomic mass is 16.1. The largest absolute Gasteiger partial charge is 0.353 e. The van der Waals surface area contributed by atoms with Crippen molar-refractivity contribution in [3.05, 3.63) is 85.4 Å². The summed E-state index contributed by atoms with van der Waals surface area (Å²) in [6, 6.07) is 12.2. The molecule has 0 aliphatic carbocycles. The Hall–Kier alpha value is -3.26. The summed E-state index contributed by atoms with van der Waals surface area (Å²) < 4.78 is 0. The van der Waals surface area contributed by atoms with Crippen molar-refractivity contribution in [3.63, 3.8) is 0 Å². The number of benzene rings is 1. The van der Waals surface area contributed by atoms with Crippen LogP contribution in [0.15, 0.2) is 46.0 Å². The van der Waals surface area contributed by atoms with Crippen LogP contribution in [0.2, 0.25) is 0 Å². The number of hydrogen-bond donors (Lipinski definition) is 3. The molecule has 1 saturated heterocycles. The van der Waals surface area contributed by atoms with Crippen LogP contribution in [0, 0.1) is 13.8 Å². The SMILES string of the molecule is Cc1nc(C)c(Cc2cc(=O)[nH]c(NC3CCN(Cc4ccccc4)CC3)n2)c(=O)[nH]1. The number of aromatic amines is 2. The Balaban J connectivity index is 1.39. The maximum absolute atomic E-state index is 12.3. The van der Waals surface area contributed by atoms with Crippen molar-refractivity contribution in [2.24, 2.45) is 0 Å². The summed E-state index contributed by atoms with van der Waals surface area (Å²) >= 11 is 0. The molecule has 3 heterocycles. The fourth-order valence-corrected chi connectivity index (χ4v) is 4.08. The van der Waals surface area contributed by atoms with Crippen LogP contribution in [-0.2, 0) is 13.0 Å². The molecule has 0 radical (unpaired) electrons. The highest BCUT2D eigenvalue weighted by Gasteiger charge is 2.20.